The van der Waals surface area contributed by atoms with Crippen molar-refractivity contribution in [2.24, 2.45) is 0 Å². The van der Waals surface area contributed by atoms with Crippen LogP contribution in [0.15, 0.2) is 170 Å². The summed E-state index contributed by atoms with van der Waals surface area (Å²) in [4.78, 5) is 0. The van der Waals surface area contributed by atoms with E-state index in [-0.39, 0.29) is 0 Å². The van der Waals surface area contributed by atoms with Crippen molar-refractivity contribution in [1.82, 2.24) is 0 Å². The van der Waals surface area contributed by atoms with Crippen LogP contribution in [0.25, 0.3) is 56.0 Å². The summed E-state index contributed by atoms with van der Waals surface area (Å²) in [5, 5.41) is 4.69. The lowest BCUT2D eigenvalue weighted by molar-refractivity contribution is 0.414. The van der Waals surface area contributed by atoms with Gasteiger partial charge in [0.15, 0.2) is 0 Å². The second kappa shape index (κ2) is 16.1. The van der Waals surface area contributed by atoms with Gasteiger partial charge in [-0.1, -0.05) is 121 Å². The second-order valence-corrected chi connectivity index (χ2v) is 13.5. The third kappa shape index (κ3) is 7.25. The van der Waals surface area contributed by atoms with E-state index in [4.69, 9.17) is 18.9 Å². The standard InChI is InChI=1S/C52H42O4/c1-53-43-25-17-37(18-26-43)49(38-19-27-44(54-2)28-20-38)33-41-15-13-35-9-5-7-11-47(35)51(41)52-42(16-14-36-10-6-8-12-48(36)52)34-50(39-21-29-45(55-3)30-22-39)40-23-31-46(56-4)32-24-40/h5-34H,1-4H3. The molecule has 0 amide bonds. The predicted octanol–water partition coefficient (Wildman–Crippen LogP) is 12.9. The molecule has 4 heteroatoms. The van der Waals surface area contributed by atoms with Crippen molar-refractivity contribution in [3.05, 3.63) is 203 Å². The molecule has 0 unspecified atom stereocenters. The highest BCUT2D eigenvalue weighted by molar-refractivity contribution is 6.13. The van der Waals surface area contributed by atoms with Crippen LogP contribution in [0.2, 0.25) is 0 Å². The Kier molecular flexibility index (Phi) is 10.4. The molecule has 4 nitrogen and oxygen atoms in total. The minimum Gasteiger partial charge on any atom is -0.497 e. The lowest BCUT2D eigenvalue weighted by Gasteiger charge is -2.19. The summed E-state index contributed by atoms with van der Waals surface area (Å²) in [6.45, 7) is 0. The third-order valence-corrected chi connectivity index (χ3v) is 10.4. The topological polar surface area (TPSA) is 36.9 Å². The minimum absolute atomic E-state index is 0.811. The summed E-state index contributed by atoms with van der Waals surface area (Å²) >= 11 is 0. The highest BCUT2D eigenvalue weighted by Gasteiger charge is 2.18. The smallest absolute Gasteiger partial charge is 0.118 e. The van der Waals surface area contributed by atoms with Crippen LogP contribution in [0.4, 0.5) is 0 Å². The Morgan fingerprint density at radius 3 is 0.893 bits per heavy atom. The van der Waals surface area contributed by atoms with Crippen molar-refractivity contribution in [3.63, 3.8) is 0 Å². The van der Waals surface area contributed by atoms with Crippen molar-refractivity contribution >= 4 is 44.8 Å². The van der Waals surface area contributed by atoms with Crippen LogP contribution in [-0.4, -0.2) is 28.4 Å². The Morgan fingerprint density at radius 1 is 0.321 bits per heavy atom. The van der Waals surface area contributed by atoms with Gasteiger partial charge in [0, 0.05) is 0 Å². The number of hydrogen-bond acceptors (Lipinski definition) is 4. The van der Waals surface area contributed by atoms with E-state index in [1.54, 1.807) is 28.4 Å². The van der Waals surface area contributed by atoms with Crippen molar-refractivity contribution in [2.45, 2.75) is 0 Å². The summed E-state index contributed by atoms with van der Waals surface area (Å²) in [7, 11) is 6.78. The van der Waals surface area contributed by atoms with Crippen LogP contribution in [0.5, 0.6) is 23.0 Å². The fourth-order valence-electron chi connectivity index (χ4n) is 7.44. The number of hydrogen-bond donors (Lipinski definition) is 0. The zero-order valence-corrected chi connectivity index (χ0v) is 32.0. The Hall–Kier alpha value is -7.04. The van der Waals surface area contributed by atoms with Gasteiger partial charge in [-0.25, -0.2) is 0 Å². The maximum Gasteiger partial charge on any atom is 0.118 e. The molecule has 0 N–H and O–H groups in total. The van der Waals surface area contributed by atoms with Gasteiger partial charge >= 0.3 is 0 Å². The first-order valence-corrected chi connectivity index (χ1v) is 18.6. The molecule has 8 rings (SSSR count). The fraction of sp³-hybridized carbons (Fsp3) is 0.0769. The summed E-state index contributed by atoms with van der Waals surface area (Å²) in [5.74, 6) is 3.24. The molecule has 0 aliphatic carbocycles. The Morgan fingerprint density at radius 2 is 0.607 bits per heavy atom. The first-order valence-electron chi connectivity index (χ1n) is 18.6. The predicted molar refractivity (Wildman–Crippen MR) is 233 cm³/mol. The normalized spacial score (nSPS) is 10.9. The van der Waals surface area contributed by atoms with Crippen LogP contribution in [0.3, 0.4) is 0 Å². The molecule has 0 aliphatic heterocycles. The van der Waals surface area contributed by atoms with Gasteiger partial charge in [0.2, 0.25) is 0 Å². The maximum absolute atomic E-state index is 5.55. The zero-order chi connectivity index (χ0) is 38.4. The number of methoxy groups -OCH3 is 4. The molecule has 0 aromatic heterocycles. The molecule has 0 aliphatic rings. The van der Waals surface area contributed by atoms with E-state index in [0.29, 0.717) is 0 Å². The Balaban J connectivity index is 1.44. The molecule has 0 bridgehead atoms. The Labute approximate surface area is 328 Å². The maximum atomic E-state index is 5.55. The summed E-state index contributed by atoms with van der Waals surface area (Å²) in [6, 6.07) is 59.4. The first-order chi connectivity index (χ1) is 27.6. The molecule has 0 saturated carbocycles. The summed E-state index contributed by atoms with van der Waals surface area (Å²) in [5.41, 5.74) is 11.0. The highest BCUT2D eigenvalue weighted by atomic mass is 16.5. The van der Waals surface area contributed by atoms with Crippen LogP contribution >= 0.6 is 0 Å². The molecular weight excluding hydrogens is 689 g/mol. The summed E-state index contributed by atoms with van der Waals surface area (Å²) < 4.78 is 22.2. The third-order valence-electron chi connectivity index (χ3n) is 10.4. The van der Waals surface area contributed by atoms with Gasteiger partial charge in [0.1, 0.15) is 23.0 Å². The van der Waals surface area contributed by atoms with Crippen LogP contribution in [0.1, 0.15) is 33.4 Å². The molecular formula is C52H42O4. The minimum atomic E-state index is 0.811. The van der Waals surface area contributed by atoms with E-state index in [0.717, 1.165) is 78.7 Å². The molecule has 0 spiro atoms. The lowest BCUT2D eigenvalue weighted by atomic mass is 9.84. The average Bonchev–Trinajstić information content (AvgIpc) is 3.27. The molecule has 0 saturated heterocycles. The second-order valence-electron chi connectivity index (χ2n) is 13.5. The largest absolute Gasteiger partial charge is 0.497 e. The molecule has 274 valence electrons. The number of benzene rings is 8. The molecule has 56 heavy (non-hydrogen) atoms. The van der Waals surface area contributed by atoms with E-state index in [1.807, 2.05) is 48.5 Å². The van der Waals surface area contributed by atoms with E-state index >= 15 is 0 Å². The van der Waals surface area contributed by atoms with E-state index in [2.05, 4.69) is 133 Å². The van der Waals surface area contributed by atoms with Crippen molar-refractivity contribution in [1.29, 1.82) is 0 Å². The van der Waals surface area contributed by atoms with Gasteiger partial charge in [-0.3, -0.25) is 0 Å². The first kappa shape index (κ1) is 36.0. The van der Waals surface area contributed by atoms with Crippen LogP contribution in [0, 0.1) is 0 Å². The van der Waals surface area contributed by atoms with Gasteiger partial charge < -0.3 is 18.9 Å². The Bertz CT molecular complexity index is 2400. The molecule has 8 aromatic rings. The van der Waals surface area contributed by atoms with Gasteiger partial charge in [0.25, 0.3) is 0 Å². The van der Waals surface area contributed by atoms with Gasteiger partial charge in [0.05, 0.1) is 28.4 Å². The van der Waals surface area contributed by atoms with Gasteiger partial charge in [-0.2, -0.15) is 0 Å². The average molecular weight is 731 g/mol. The van der Waals surface area contributed by atoms with Crippen LogP contribution < -0.4 is 18.9 Å². The quantitative estimate of drug-likeness (QED) is 0.124. The number of rotatable bonds is 11. The van der Waals surface area contributed by atoms with Gasteiger partial charge in [-0.05, 0) is 138 Å². The lowest BCUT2D eigenvalue weighted by Crippen LogP contribution is -1.96. The SMILES string of the molecule is COc1ccc(C(=Cc2ccc3ccccc3c2-c2c(C=C(c3ccc(OC)cc3)c3ccc(OC)cc3)ccc3ccccc23)c2ccc(OC)cc2)cc1. The van der Waals surface area contributed by atoms with E-state index < -0.39 is 0 Å². The van der Waals surface area contributed by atoms with Gasteiger partial charge in [-0.15, -0.1) is 0 Å². The van der Waals surface area contributed by atoms with E-state index in [9.17, 15) is 0 Å². The van der Waals surface area contributed by atoms with Crippen LogP contribution in [-0.2, 0) is 0 Å². The monoisotopic (exact) mass is 730 g/mol. The summed E-state index contributed by atoms with van der Waals surface area (Å²) in [6.07, 6.45) is 4.66. The molecule has 0 atom stereocenters. The number of ether oxygens (including phenoxy) is 4. The van der Waals surface area contributed by atoms with Crippen molar-refractivity contribution in [3.8, 4) is 34.1 Å². The van der Waals surface area contributed by atoms with Crippen molar-refractivity contribution < 1.29 is 18.9 Å². The number of fused-ring (bicyclic) bond motifs is 2. The molecule has 0 heterocycles. The van der Waals surface area contributed by atoms with Crippen molar-refractivity contribution in [2.75, 3.05) is 28.4 Å². The zero-order valence-electron chi connectivity index (χ0n) is 32.0. The molecule has 0 fully saturated rings. The molecule has 0 radical (unpaired) electrons. The van der Waals surface area contributed by atoms with E-state index in [1.165, 1.54) is 21.5 Å². The fourth-order valence-corrected chi connectivity index (χ4v) is 7.44. The molecule has 8 aromatic carbocycles. The highest BCUT2D eigenvalue weighted by Crippen LogP contribution is 2.43.